The summed E-state index contributed by atoms with van der Waals surface area (Å²) in [5.74, 6) is -1.77. The molecular formula is C15H11N3O7. The molecule has 128 valence electrons. The maximum Gasteiger partial charge on any atom is 0.307 e. The number of benzene rings is 2. The Morgan fingerprint density at radius 2 is 1.48 bits per heavy atom. The second-order valence-electron chi connectivity index (χ2n) is 4.97. The highest BCUT2D eigenvalue weighted by molar-refractivity contribution is 6.05. The minimum atomic E-state index is -0.999. The predicted octanol–water partition coefficient (Wildman–Crippen LogP) is 2.38. The third-order valence-corrected chi connectivity index (χ3v) is 3.15. The Morgan fingerprint density at radius 3 is 1.92 bits per heavy atom. The SMILES string of the molecule is O=C(O)Cc1ccc(NC(=O)c2cc([N+](=O)[O-])cc([N+](=O)[O-])c2)cc1. The van der Waals surface area contributed by atoms with Crippen LogP contribution in [0, 0.1) is 20.2 Å². The van der Waals surface area contributed by atoms with E-state index in [4.69, 9.17) is 5.11 Å². The summed E-state index contributed by atoms with van der Waals surface area (Å²) >= 11 is 0. The molecule has 0 spiro atoms. The van der Waals surface area contributed by atoms with E-state index in [-0.39, 0.29) is 12.0 Å². The molecule has 1 amide bonds. The van der Waals surface area contributed by atoms with E-state index >= 15 is 0 Å². The van der Waals surface area contributed by atoms with E-state index in [1.807, 2.05) is 0 Å². The molecule has 0 saturated heterocycles. The summed E-state index contributed by atoms with van der Waals surface area (Å²) < 4.78 is 0. The van der Waals surface area contributed by atoms with Gasteiger partial charge in [-0.05, 0) is 17.7 Å². The molecule has 0 saturated carbocycles. The molecule has 0 radical (unpaired) electrons. The van der Waals surface area contributed by atoms with Crippen LogP contribution in [0.2, 0.25) is 0 Å². The summed E-state index contributed by atoms with van der Waals surface area (Å²) in [7, 11) is 0. The fourth-order valence-electron chi connectivity index (χ4n) is 2.02. The van der Waals surface area contributed by atoms with Crippen molar-refractivity contribution in [3.05, 3.63) is 73.8 Å². The lowest BCUT2D eigenvalue weighted by Gasteiger charge is -2.06. The zero-order valence-electron chi connectivity index (χ0n) is 12.5. The Kier molecular flexibility index (Phi) is 5.03. The Morgan fingerprint density at radius 1 is 0.960 bits per heavy atom. The van der Waals surface area contributed by atoms with Crippen molar-refractivity contribution in [2.24, 2.45) is 0 Å². The molecule has 0 aliphatic carbocycles. The molecule has 2 N–H and O–H groups in total. The number of hydrogen-bond acceptors (Lipinski definition) is 6. The lowest BCUT2D eigenvalue weighted by Crippen LogP contribution is -2.12. The van der Waals surface area contributed by atoms with Crippen LogP contribution >= 0.6 is 0 Å². The van der Waals surface area contributed by atoms with Gasteiger partial charge in [-0.15, -0.1) is 0 Å². The number of carbonyl (C=O) groups excluding carboxylic acids is 1. The van der Waals surface area contributed by atoms with Crippen LogP contribution in [0.15, 0.2) is 42.5 Å². The van der Waals surface area contributed by atoms with Gasteiger partial charge < -0.3 is 10.4 Å². The van der Waals surface area contributed by atoms with Gasteiger partial charge in [-0.3, -0.25) is 29.8 Å². The molecule has 0 unspecified atom stereocenters. The van der Waals surface area contributed by atoms with Gasteiger partial charge >= 0.3 is 5.97 Å². The highest BCUT2D eigenvalue weighted by atomic mass is 16.6. The molecule has 0 atom stereocenters. The number of anilines is 1. The highest BCUT2D eigenvalue weighted by Crippen LogP contribution is 2.23. The average Bonchev–Trinajstić information content (AvgIpc) is 2.55. The average molecular weight is 345 g/mol. The van der Waals surface area contributed by atoms with Crippen LogP contribution < -0.4 is 5.32 Å². The lowest BCUT2D eigenvalue weighted by molar-refractivity contribution is -0.394. The van der Waals surface area contributed by atoms with Crippen molar-refractivity contribution >= 4 is 28.9 Å². The van der Waals surface area contributed by atoms with Gasteiger partial charge in [0, 0.05) is 17.8 Å². The summed E-state index contributed by atoms with van der Waals surface area (Å²) in [6.45, 7) is 0. The molecule has 0 aromatic heterocycles. The van der Waals surface area contributed by atoms with Crippen molar-refractivity contribution in [1.29, 1.82) is 0 Å². The Bertz CT molecular complexity index is 830. The Labute approximate surface area is 140 Å². The Balaban J connectivity index is 2.24. The van der Waals surface area contributed by atoms with E-state index in [1.54, 1.807) is 0 Å². The first-order valence-corrected chi connectivity index (χ1v) is 6.82. The van der Waals surface area contributed by atoms with Crippen LogP contribution in [0.1, 0.15) is 15.9 Å². The van der Waals surface area contributed by atoms with Gasteiger partial charge in [0.1, 0.15) is 0 Å². The molecule has 10 heteroatoms. The minimum absolute atomic E-state index is 0.175. The number of non-ortho nitro benzene ring substituents is 2. The van der Waals surface area contributed by atoms with E-state index in [1.165, 1.54) is 24.3 Å². The van der Waals surface area contributed by atoms with E-state index < -0.39 is 33.1 Å². The third-order valence-electron chi connectivity index (χ3n) is 3.15. The topological polar surface area (TPSA) is 153 Å². The summed E-state index contributed by atoms with van der Waals surface area (Å²) in [6.07, 6.45) is -0.175. The number of amides is 1. The molecule has 0 heterocycles. The van der Waals surface area contributed by atoms with Gasteiger partial charge in [-0.1, -0.05) is 12.1 Å². The first kappa shape index (κ1) is 17.5. The van der Waals surface area contributed by atoms with Crippen molar-refractivity contribution in [2.75, 3.05) is 5.32 Å². The highest BCUT2D eigenvalue weighted by Gasteiger charge is 2.20. The quantitative estimate of drug-likeness (QED) is 0.602. The fourth-order valence-corrected chi connectivity index (χ4v) is 2.02. The summed E-state index contributed by atoms with van der Waals surface area (Å²) in [4.78, 5) is 42.8. The van der Waals surface area contributed by atoms with Gasteiger partial charge in [-0.25, -0.2) is 0 Å². The van der Waals surface area contributed by atoms with Gasteiger partial charge in [-0.2, -0.15) is 0 Å². The molecular weight excluding hydrogens is 334 g/mol. The normalized spacial score (nSPS) is 10.1. The van der Waals surface area contributed by atoms with Crippen LogP contribution in [0.25, 0.3) is 0 Å². The first-order valence-electron chi connectivity index (χ1n) is 6.82. The molecule has 10 nitrogen and oxygen atoms in total. The van der Waals surface area contributed by atoms with E-state index in [0.29, 0.717) is 11.3 Å². The Hall–Kier alpha value is -3.82. The molecule has 2 rings (SSSR count). The van der Waals surface area contributed by atoms with Crippen molar-refractivity contribution in [1.82, 2.24) is 0 Å². The number of aliphatic carboxylic acids is 1. The molecule has 2 aromatic rings. The van der Waals surface area contributed by atoms with Crippen LogP contribution in [-0.4, -0.2) is 26.8 Å². The standard InChI is InChI=1S/C15H11N3O7/c19-14(20)5-9-1-3-11(4-2-9)16-15(21)10-6-12(17(22)23)8-13(7-10)18(24)25/h1-4,6-8H,5H2,(H,16,21)(H,19,20). The molecule has 0 aliphatic heterocycles. The number of nitro benzene ring substituents is 2. The number of rotatable bonds is 6. The van der Waals surface area contributed by atoms with E-state index in [0.717, 1.165) is 18.2 Å². The van der Waals surface area contributed by atoms with Crippen LogP contribution in [0.4, 0.5) is 17.1 Å². The number of hydrogen-bond donors (Lipinski definition) is 2. The van der Waals surface area contributed by atoms with Crippen LogP contribution in [0.3, 0.4) is 0 Å². The van der Waals surface area contributed by atoms with E-state index in [9.17, 15) is 29.8 Å². The second kappa shape index (κ2) is 7.17. The van der Waals surface area contributed by atoms with Crippen LogP contribution in [0.5, 0.6) is 0 Å². The third kappa shape index (κ3) is 4.58. The molecule has 0 aliphatic rings. The van der Waals surface area contributed by atoms with Crippen molar-refractivity contribution in [3.8, 4) is 0 Å². The van der Waals surface area contributed by atoms with Crippen LogP contribution in [-0.2, 0) is 11.2 Å². The molecule has 0 bridgehead atoms. The van der Waals surface area contributed by atoms with Gasteiger partial charge in [0.15, 0.2) is 0 Å². The van der Waals surface area contributed by atoms with E-state index in [2.05, 4.69) is 5.32 Å². The van der Waals surface area contributed by atoms with Gasteiger partial charge in [0.05, 0.1) is 27.9 Å². The van der Waals surface area contributed by atoms with Crippen molar-refractivity contribution in [2.45, 2.75) is 6.42 Å². The maximum atomic E-state index is 12.2. The number of carbonyl (C=O) groups is 2. The lowest BCUT2D eigenvalue weighted by atomic mass is 10.1. The number of carboxylic acid groups (broad SMARTS) is 1. The maximum absolute atomic E-state index is 12.2. The number of nitrogens with one attached hydrogen (secondary N) is 1. The minimum Gasteiger partial charge on any atom is -0.481 e. The molecule has 0 fully saturated rings. The number of carboxylic acids is 1. The molecule has 25 heavy (non-hydrogen) atoms. The van der Waals surface area contributed by atoms with Gasteiger partial charge in [0.25, 0.3) is 17.3 Å². The summed E-state index contributed by atoms with van der Waals surface area (Å²) in [5, 5.41) is 32.8. The molecule has 2 aromatic carbocycles. The second-order valence-corrected chi connectivity index (χ2v) is 4.97. The van der Waals surface area contributed by atoms with Gasteiger partial charge in [0.2, 0.25) is 0 Å². The number of nitrogens with zero attached hydrogens (tertiary/aromatic N) is 2. The summed E-state index contributed by atoms with van der Waals surface area (Å²) in [6, 6.07) is 8.54. The van der Waals surface area contributed by atoms with Crippen molar-refractivity contribution < 1.29 is 24.5 Å². The fraction of sp³-hybridized carbons (Fsp3) is 0.0667. The zero-order valence-corrected chi connectivity index (χ0v) is 12.5. The summed E-state index contributed by atoms with van der Waals surface area (Å²) in [5.41, 5.74) is -0.549. The smallest absolute Gasteiger partial charge is 0.307 e. The zero-order chi connectivity index (χ0) is 18.6. The predicted molar refractivity (Wildman–Crippen MR) is 85.5 cm³/mol. The van der Waals surface area contributed by atoms with Crippen molar-refractivity contribution in [3.63, 3.8) is 0 Å². The first-order chi connectivity index (χ1) is 11.8. The largest absolute Gasteiger partial charge is 0.481 e. The monoisotopic (exact) mass is 345 g/mol. The number of nitro groups is 2.